The van der Waals surface area contributed by atoms with E-state index in [1.54, 1.807) is 14.2 Å². The van der Waals surface area contributed by atoms with Gasteiger partial charge in [-0.25, -0.2) is 0 Å². The maximum atomic E-state index is 11.4. The van der Waals surface area contributed by atoms with Crippen LogP contribution in [0.15, 0.2) is 16.6 Å². The Labute approximate surface area is 114 Å². The van der Waals surface area contributed by atoms with Crippen LogP contribution in [0.25, 0.3) is 0 Å². The van der Waals surface area contributed by atoms with Crippen molar-refractivity contribution in [3.8, 4) is 11.5 Å². The lowest BCUT2D eigenvalue weighted by atomic mass is 10.1. The number of nitrogens with one attached hydrogen (secondary N) is 2. The number of benzene rings is 1. The fourth-order valence-electron chi connectivity index (χ4n) is 1.92. The Kier molecular flexibility index (Phi) is 4.08. The highest BCUT2D eigenvalue weighted by Gasteiger charge is 2.21. The molecule has 1 aromatic rings. The summed E-state index contributed by atoms with van der Waals surface area (Å²) >= 11 is 3.44. The van der Waals surface area contributed by atoms with Crippen LogP contribution in [0, 0.1) is 0 Å². The topological polar surface area (TPSA) is 59.6 Å². The molecule has 6 heteroatoms. The number of halogens is 1. The van der Waals surface area contributed by atoms with E-state index in [1.807, 2.05) is 12.1 Å². The van der Waals surface area contributed by atoms with Crippen molar-refractivity contribution in [1.29, 1.82) is 0 Å². The van der Waals surface area contributed by atoms with E-state index in [9.17, 15) is 4.79 Å². The van der Waals surface area contributed by atoms with E-state index in [2.05, 4.69) is 26.6 Å². The summed E-state index contributed by atoms with van der Waals surface area (Å²) < 4.78 is 11.3. The molecule has 1 heterocycles. The fraction of sp³-hybridized carbons (Fsp3) is 0.417. The van der Waals surface area contributed by atoms with Crippen LogP contribution in [0.1, 0.15) is 18.2 Å². The molecule has 2 N–H and O–H groups in total. The lowest BCUT2D eigenvalue weighted by molar-refractivity contribution is -0.123. The average Bonchev–Trinajstić information content (AvgIpc) is 2.37. The van der Waals surface area contributed by atoms with Crippen molar-refractivity contribution >= 4 is 21.8 Å². The summed E-state index contributed by atoms with van der Waals surface area (Å²) in [6.45, 7) is 0.669. The summed E-state index contributed by atoms with van der Waals surface area (Å²) in [5, 5.41) is 6.11. The largest absolute Gasteiger partial charge is 0.493 e. The molecule has 18 heavy (non-hydrogen) atoms. The van der Waals surface area contributed by atoms with Crippen LogP contribution in [0.5, 0.6) is 11.5 Å². The van der Waals surface area contributed by atoms with Gasteiger partial charge in [0, 0.05) is 13.0 Å². The van der Waals surface area contributed by atoms with Crippen LogP contribution >= 0.6 is 15.9 Å². The van der Waals surface area contributed by atoms with Crippen molar-refractivity contribution in [2.75, 3.05) is 20.8 Å². The molecule has 0 aliphatic carbocycles. The van der Waals surface area contributed by atoms with Gasteiger partial charge in [0.15, 0.2) is 11.5 Å². The smallest absolute Gasteiger partial charge is 0.222 e. The number of hydrogen-bond donors (Lipinski definition) is 2. The van der Waals surface area contributed by atoms with Crippen LogP contribution in [-0.4, -0.2) is 26.7 Å². The molecule has 0 unspecified atom stereocenters. The maximum Gasteiger partial charge on any atom is 0.222 e. The zero-order chi connectivity index (χ0) is 13.1. The first kappa shape index (κ1) is 13.2. The van der Waals surface area contributed by atoms with Crippen molar-refractivity contribution in [1.82, 2.24) is 10.6 Å². The summed E-state index contributed by atoms with van der Waals surface area (Å²) in [4.78, 5) is 11.4. The van der Waals surface area contributed by atoms with E-state index in [4.69, 9.17) is 9.47 Å². The monoisotopic (exact) mass is 314 g/mol. The van der Waals surface area contributed by atoms with E-state index in [-0.39, 0.29) is 12.1 Å². The van der Waals surface area contributed by atoms with E-state index < -0.39 is 0 Å². The second-order valence-corrected chi connectivity index (χ2v) is 4.80. The second kappa shape index (κ2) is 5.58. The molecule has 1 aliphatic rings. The van der Waals surface area contributed by atoms with Crippen molar-refractivity contribution < 1.29 is 14.3 Å². The molecule has 0 bridgehead atoms. The molecule has 1 saturated heterocycles. The Morgan fingerprint density at radius 1 is 1.33 bits per heavy atom. The van der Waals surface area contributed by atoms with Crippen LogP contribution < -0.4 is 20.1 Å². The SMILES string of the molecule is COc1cc([C@@H]2NCCC(=O)N2)cc(Br)c1OC. The molecule has 1 amide bonds. The minimum Gasteiger partial charge on any atom is -0.493 e. The quantitative estimate of drug-likeness (QED) is 0.889. The van der Waals surface area contributed by atoms with Gasteiger partial charge in [-0.05, 0) is 33.6 Å². The van der Waals surface area contributed by atoms with Crippen LogP contribution in [0.4, 0.5) is 0 Å². The zero-order valence-electron chi connectivity index (χ0n) is 10.2. The second-order valence-electron chi connectivity index (χ2n) is 3.94. The fourth-order valence-corrected chi connectivity index (χ4v) is 2.54. The van der Waals surface area contributed by atoms with Gasteiger partial charge in [0.1, 0.15) is 6.17 Å². The molecule has 1 aromatic carbocycles. The van der Waals surface area contributed by atoms with Gasteiger partial charge >= 0.3 is 0 Å². The van der Waals surface area contributed by atoms with E-state index in [0.717, 1.165) is 10.0 Å². The number of amides is 1. The van der Waals surface area contributed by atoms with Crippen molar-refractivity contribution in [3.05, 3.63) is 22.2 Å². The molecule has 0 spiro atoms. The summed E-state index contributed by atoms with van der Waals surface area (Å²) in [6, 6.07) is 3.76. The first-order valence-corrected chi connectivity index (χ1v) is 6.39. The number of carbonyl (C=O) groups excluding carboxylic acids is 1. The highest BCUT2D eigenvalue weighted by molar-refractivity contribution is 9.10. The van der Waals surface area contributed by atoms with Gasteiger partial charge < -0.3 is 14.8 Å². The molecule has 5 nitrogen and oxygen atoms in total. The minimum absolute atomic E-state index is 0.0460. The third-order valence-corrected chi connectivity index (χ3v) is 3.38. The van der Waals surface area contributed by atoms with Crippen molar-refractivity contribution in [2.45, 2.75) is 12.6 Å². The van der Waals surface area contributed by atoms with E-state index in [1.165, 1.54) is 0 Å². The molecule has 0 aromatic heterocycles. The standard InChI is InChI=1S/C12H15BrN2O3/c1-17-9-6-7(5-8(13)11(9)18-2)12-14-4-3-10(16)15-12/h5-6,12,14H,3-4H2,1-2H3,(H,15,16)/t12-/m1/s1. The zero-order valence-corrected chi connectivity index (χ0v) is 11.8. The first-order chi connectivity index (χ1) is 8.65. The number of ether oxygens (including phenoxy) is 2. The third-order valence-electron chi connectivity index (χ3n) is 2.80. The van der Waals surface area contributed by atoms with Crippen LogP contribution in [-0.2, 0) is 4.79 Å². The van der Waals surface area contributed by atoms with E-state index in [0.29, 0.717) is 24.5 Å². The summed E-state index contributed by atoms with van der Waals surface area (Å²) in [5.41, 5.74) is 0.924. The molecule has 98 valence electrons. The molecule has 0 saturated carbocycles. The third kappa shape index (κ3) is 2.59. The Bertz CT molecular complexity index is 465. The number of rotatable bonds is 3. The molecular weight excluding hydrogens is 300 g/mol. The maximum absolute atomic E-state index is 11.4. The lowest BCUT2D eigenvalue weighted by Crippen LogP contribution is -2.44. The Balaban J connectivity index is 2.33. The Morgan fingerprint density at radius 2 is 2.11 bits per heavy atom. The number of methoxy groups -OCH3 is 2. The normalized spacial score (nSPS) is 19.3. The highest BCUT2D eigenvalue weighted by atomic mass is 79.9. The number of carbonyl (C=O) groups is 1. The first-order valence-electron chi connectivity index (χ1n) is 5.60. The minimum atomic E-state index is -0.192. The predicted molar refractivity (Wildman–Crippen MR) is 70.7 cm³/mol. The van der Waals surface area contributed by atoms with Crippen molar-refractivity contribution in [2.24, 2.45) is 0 Å². The summed E-state index contributed by atoms with van der Waals surface area (Å²) in [5.74, 6) is 1.32. The van der Waals surface area contributed by atoms with Gasteiger partial charge in [-0.2, -0.15) is 0 Å². The van der Waals surface area contributed by atoms with Gasteiger partial charge in [0.05, 0.1) is 18.7 Å². The highest BCUT2D eigenvalue weighted by Crippen LogP contribution is 2.37. The molecule has 0 radical (unpaired) electrons. The van der Waals surface area contributed by atoms with Gasteiger partial charge in [0.25, 0.3) is 0 Å². The molecule has 2 rings (SSSR count). The number of hydrogen-bond acceptors (Lipinski definition) is 4. The Hall–Kier alpha value is -1.27. The van der Waals surface area contributed by atoms with Gasteiger partial charge in [0.2, 0.25) is 5.91 Å². The van der Waals surface area contributed by atoms with Crippen LogP contribution in [0.2, 0.25) is 0 Å². The molecule has 1 atom stereocenters. The molecule has 1 aliphatic heterocycles. The molecule has 1 fully saturated rings. The van der Waals surface area contributed by atoms with Gasteiger partial charge in [-0.3, -0.25) is 10.1 Å². The lowest BCUT2D eigenvalue weighted by Gasteiger charge is -2.26. The van der Waals surface area contributed by atoms with E-state index >= 15 is 0 Å². The summed E-state index contributed by atoms with van der Waals surface area (Å²) in [7, 11) is 3.17. The predicted octanol–water partition coefficient (Wildman–Crippen LogP) is 1.57. The van der Waals surface area contributed by atoms with Crippen molar-refractivity contribution in [3.63, 3.8) is 0 Å². The van der Waals surface area contributed by atoms with Gasteiger partial charge in [-0.1, -0.05) is 0 Å². The summed E-state index contributed by atoms with van der Waals surface area (Å²) in [6.07, 6.45) is 0.313. The molecular formula is C12H15BrN2O3. The van der Waals surface area contributed by atoms with Crippen LogP contribution in [0.3, 0.4) is 0 Å². The average molecular weight is 315 g/mol. The Morgan fingerprint density at radius 3 is 2.72 bits per heavy atom. The van der Waals surface area contributed by atoms with Gasteiger partial charge in [-0.15, -0.1) is 0 Å².